The lowest BCUT2D eigenvalue weighted by Gasteiger charge is -2.33. The van der Waals surface area contributed by atoms with Gasteiger partial charge in [0.05, 0.1) is 16.0 Å². The number of likely N-dealkylation sites (tertiary alicyclic amines) is 1. The van der Waals surface area contributed by atoms with Crippen molar-refractivity contribution in [3.8, 4) is 0 Å². The topological polar surface area (TPSA) is 75.5 Å². The smallest absolute Gasteiger partial charge is 0.275 e. The van der Waals surface area contributed by atoms with E-state index >= 15 is 0 Å². The quantitative estimate of drug-likeness (QED) is 0.812. The summed E-state index contributed by atoms with van der Waals surface area (Å²) < 4.78 is 27.3. The number of sulfonamides is 1. The largest absolute Gasteiger partial charge is 0.336 e. The Kier molecular flexibility index (Phi) is 4.84. The van der Waals surface area contributed by atoms with Crippen LogP contribution in [0.15, 0.2) is 0 Å². The Labute approximate surface area is 135 Å². The van der Waals surface area contributed by atoms with Gasteiger partial charge in [-0.25, -0.2) is 12.7 Å². The molecule has 7 nitrogen and oxygen atoms in total. The number of rotatable bonds is 3. The Hall–Kier alpha value is -1.12. The zero-order valence-corrected chi connectivity index (χ0v) is 14.8. The number of carbonyl (C=O) groups is 1. The summed E-state index contributed by atoms with van der Waals surface area (Å²) >= 11 is 6.15. The van der Waals surface area contributed by atoms with Crippen LogP contribution in [0.2, 0.25) is 5.02 Å². The van der Waals surface area contributed by atoms with Gasteiger partial charge >= 0.3 is 0 Å². The van der Waals surface area contributed by atoms with E-state index in [1.165, 1.54) is 23.3 Å². The molecule has 1 amide bonds. The Morgan fingerprint density at radius 2 is 2.05 bits per heavy atom. The number of hydrogen-bond donors (Lipinski definition) is 0. The molecule has 0 spiro atoms. The second kappa shape index (κ2) is 6.17. The monoisotopic (exact) mass is 348 g/mol. The number of hydrogen-bond acceptors (Lipinski definition) is 4. The lowest BCUT2D eigenvalue weighted by molar-refractivity contribution is 0.0719. The van der Waals surface area contributed by atoms with Crippen molar-refractivity contribution in [2.75, 3.05) is 27.2 Å². The molecule has 0 saturated carbocycles. The molecule has 1 fully saturated rings. The third kappa shape index (κ3) is 3.00. The van der Waals surface area contributed by atoms with E-state index in [-0.39, 0.29) is 18.1 Å². The molecule has 1 atom stereocenters. The van der Waals surface area contributed by atoms with Gasteiger partial charge < -0.3 is 4.90 Å². The van der Waals surface area contributed by atoms with Gasteiger partial charge in [-0.1, -0.05) is 11.6 Å². The minimum absolute atomic E-state index is 0.172. The van der Waals surface area contributed by atoms with Crippen LogP contribution in [0.5, 0.6) is 0 Å². The molecule has 0 bridgehead atoms. The predicted molar refractivity (Wildman–Crippen MR) is 84.5 cm³/mol. The standard InChI is InChI=1S/C13H21ClN4O3S/c1-9-11(14)12(15-17(9)4)13(19)18-7-5-6-10(8-18)22(20,21)16(2)3/h10H,5-8H2,1-4H3. The maximum atomic E-state index is 12.6. The molecule has 2 rings (SSSR count). The molecule has 9 heteroatoms. The summed E-state index contributed by atoms with van der Waals surface area (Å²) in [4.78, 5) is 14.1. The van der Waals surface area contributed by atoms with E-state index in [2.05, 4.69) is 5.10 Å². The fraction of sp³-hybridized carbons (Fsp3) is 0.692. The summed E-state index contributed by atoms with van der Waals surface area (Å²) in [6.07, 6.45) is 1.20. The Balaban J connectivity index is 2.22. The minimum atomic E-state index is -3.38. The van der Waals surface area contributed by atoms with Crippen molar-refractivity contribution in [1.29, 1.82) is 0 Å². The molecule has 1 aromatic rings. The van der Waals surface area contributed by atoms with Gasteiger partial charge in [0.15, 0.2) is 5.69 Å². The van der Waals surface area contributed by atoms with Crippen LogP contribution >= 0.6 is 11.6 Å². The zero-order valence-electron chi connectivity index (χ0n) is 13.2. The molecule has 1 unspecified atom stereocenters. The first-order valence-corrected chi connectivity index (χ1v) is 8.94. The first kappa shape index (κ1) is 17.2. The summed E-state index contributed by atoms with van der Waals surface area (Å²) in [5.41, 5.74) is 0.893. The molecule has 1 aliphatic heterocycles. The molecule has 0 aliphatic carbocycles. The average molecular weight is 349 g/mol. The summed E-state index contributed by atoms with van der Waals surface area (Å²) in [5.74, 6) is -0.313. The van der Waals surface area contributed by atoms with Gasteiger partial charge in [-0.3, -0.25) is 9.48 Å². The highest BCUT2D eigenvalue weighted by Gasteiger charge is 2.35. The van der Waals surface area contributed by atoms with Crippen LogP contribution in [0, 0.1) is 6.92 Å². The molecule has 0 aromatic carbocycles. The van der Waals surface area contributed by atoms with E-state index in [1.54, 1.807) is 18.7 Å². The first-order valence-electron chi connectivity index (χ1n) is 7.06. The van der Waals surface area contributed by atoms with E-state index in [4.69, 9.17) is 11.6 Å². The Morgan fingerprint density at radius 3 is 2.55 bits per heavy atom. The van der Waals surface area contributed by atoms with E-state index in [0.717, 1.165) is 0 Å². The van der Waals surface area contributed by atoms with Crippen molar-refractivity contribution in [2.24, 2.45) is 7.05 Å². The lowest BCUT2D eigenvalue weighted by atomic mass is 10.1. The first-order chi connectivity index (χ1) is 10.2. The SMILES string of the molecule is Cc1c(Cl)c(C(=O)N2CCCC(S(=O)(=O)N(C)C)C2)nn1C. The number of halogens is 1. The van der Waals surface area contributed by atoms with Crippen LogP contribution in [-0.2, 0) is 17.1 Å². The molecule has 22 heavy (non-hydrogen) atoms. The molecular weight excluding hydrogens is 328 g/mol. The van der Waals surface area contributed by atoms with Crippen molar-refractivity contribution < 1.29 is 13.2 Å². The normalized spacial score (nSPS) is 19.7. The van der Waals surface area contributed by atoms with Gasteiger partial charge in [0.1, 0.15) is 0 Å². The van der Waals surface area contributed by atoms with Crippen molar-refractivity contribution in [1.82, 2.24) is 19.0 Å². The highest BCUT2D eigenvalue weighted by Crippen LogP contribution is 2.24. The number of aromatic nitrogens is 2. The van der Waals surface area contributed by atoms with Gasteiger partial charge in [-0.2, -0.15) is 5.10 Å². The van der Waals surface area contributed by atoms with Crippen LogP contribution in [0.4, 0.5) is 0 Å². The predicted octanol–water partition coefficient (Wildman–Crippen LogP) is 0.878. The maximum Gasteiger partial charge on any atom is 0.275 e. The zero-order chi connectivity index (χ0) is 16.7. The molecule has 1 saturated heterocycles. The fourth-order valence-corrected chi connectivity index (χ4v) is 4.20. The molecular formula is C13H21ClN4O3S. The van der Waals surface area contributed by atoms with E-state index in [1.807, 2.05) is 0 Å². The van der Waals surface area contributed by atoms with Gasteiger partial charge in [0, 0.05) is 34.2 Å². The number of aryl methyl sites for hydroxylation is 1. The fourth-order valence-electron chi connectivity index (χ4n) is 2.53. The third-order valence-electron chi connectivity index (χ3n) is 4.06. The van der Waals surface area contributed by atoms with Crippen molar-refractivity contribution in [3.05, 3.63) is 16.4 Å². The molecule has 0 N–H and O–H groups in total. The second-order valence-corrected chi connectivity index (χ2v) is 8.52. The van der Waals surface area contributed by atoms with Crippen LogP contribution in [-0.4, -0.2) is 65.7 Å². The second-order valence-electron chi connectivity index (χ2n) is 5.71. The summed E-state index contributed by atoms with van der Waals surface area (Å²) in [5, 5.41) is 3.89. The van der Waals surface area contributed by atoms with Crippen molar-refractivity contribution >= 4 is 27.5 Å². The summed E-state index contributed by atoms with van der Waals surface area (Å²) in [6.45, 7) is 2.47. The minimum Gasteiger partial charge on any atom is -0.336 e. The third-order valence-corrected chi connectivity index (χ3v) is 6.76. The number of amides is 1. The average Bonchev–Trinajstić information content (AvgIpc) is 2.74. The molecule has 1 aliphatic rings. The molecule has 2 heterocycles. The van der Waals surface area contributed by atoms with E-state index < -0.39 is 15.3 Å². The van der Waals surface area contributed by atoms with Crippen molar-refractivity contribution in [2.45, 2.75) is 25.0 Å². The number of nitrogens with zero attached hydrogens (tertiary/aromatic N) is 4. The number of carbonyl (C=O) groups excluding carboxylic acids is 1. The van der Waals surface area contributed by atoms with Crippen LogP contribution in [0.3, 0.4) is 0 Å². The number of piperidine rings is 1. The van der Waals surface area contributed by atoms with E-state index in [9.17, 15) is 13.2 Å². The molecule has 0 radical (unpaired) electrons. The Morgan fingerprint density at radius 1 is 1.41 bits per heavy atom. The highest BCUT2D eigenvalue weighted by atomic mass is 35.5. The maximum absolute atomic E-state index is 12.6. The van der Waals surface area contributed by atoms with Gasteiger partial charge in [0.2, 0.25) is 10.0 Å². The van der Waals surface area contributed by atoms with Crippen LogP contribution < -0.4 is 0 Å². The van der Waals surface area contributed by atoms with Gasteiger partial charge in [0.25, 0.3) is 5.91 Å². The van der Waals surface area contributed by atoms with Crippen LogP contribution in [0.1, 0.15) is 29.0 Å². The van der Waals surface area contributed by atoms with Crippen molar-refractivity contribution in [3.63, 3.8) is 0 Å². The van der Waals surface area contributed by atoms with Crippen LogP contribution in [0.25, 0.3) is 0 Å². The summed E-state index contributed by atoms with van der Waals surface area (Å²) in [6, 6.07) is 0. The lowest BCUT2D eigenvalue weighted by Crippen LogP contribution is -2.48. The molecule has 1 aromatic heterocycles. The highest BCUT2D eigenvalue weighted by molar-refractivity contribution is 7.89. The molecule has 124 valence electrons. The summed E-state index contributed by atoms with van der Waals surface area (Å²) in [7, 11) is 1.35. The van der Waals surface area contributed by atoms with Gasteiger partial charge in [-0.05, 0) is 19.8 Å². The van der Waals surface area contributed by atoms with E-state index in [0.29, 0.717) is 30.1 Å². The Bertz CT molecular complexity index is 684. The van der Waals surface area contributed by atoms with Gasteiger partial charge in [-0.15, -0.1) is 0 Å².